The summed E-state index contributed by atoms with van der Waals surface area (Å²) in [6.45, 7) is 3.43. The van der Waals surface area contributed by atoms with Gasteiger partial charge in [-0.15, -0.1) is 10.2 Å². The first-order valence-electron chi connectivity index (χ1n) is 11.1. The van der Waals surface area contributed by atoms with Crippen molar-refractivity contribution in [3.63, 3.8) is 0 Å². The summed E-state index contributed by atoms with van der Waals surface area (Å²) < 4.78 is 45.4. The van der Waals surface area contributed by atoms with Crippen molar-refractivity contribution in [1.29, 1.82) is 5.26 Å². The number of rotatable bonds is 9. The molecule has 36 heavy (non-hydrogen) atoms. The van der Waals surface area contributed by atoms with E-state index in [1.54, 1.807) is 60.9 Å². The molecule has 0 aliphatic rings. The Hall–Kier alpha value is -4.17. The molecule has 0 aliphatic heterocycles. The second-order valence-electron chi connectivity index (χ2n) is 8.17. The summed E-state index contributed by atoms with van der Waals surface area (Å²) in [5.41, 5.74) is 1.45. The van der Waals surface area contributed by atoms with Crippen LogP contribution in [-0.4, -0.2) is 47.6 Å². The van der Waals surface area contributed by atoms with Crippen LogP contribution in [0.3, 0.4) is 0 Å². The molecular formula is C25H25N5O5S. The molecule has 0 spiro atoms. The van der Waals surface area contributed by atoms with E-state index in [0.717, 1.165) is 0 Å². The number of furan rings is 1. The predicted octanol–water partition coefficient (Wildman–Crippen LogP) is 3.67. The Labute approximate surface area is 209 Å². The molecule has 0 aliphatic carbocycles. The molecule has 4 rings (SSSR count). The van der Waals surface area contributed by atoms with Crippen LogP contribution in [0.4, 0.5) is 0 Å². The smallest absolute Gasteiger partial charge is 0.204 e. The average Bonchev–Trinajstić information content (AvgIpc) is 3.49. The molecule has 0 radical (unpaired) electrons. The number of aryl methyl sites for hydroxylation is 1. The first-order valence-corrected chi connectivity index (χ1v) is 12.8. The van der Waals surface area contributed by atoms with Crippen molar-refractivity contribution >= 4 is 9.84 Å². The Morgan fingerprint density at radius 1 is 1.08 bits per heavy atom. The zero-order valence-electron chi connectivity index (χ0n) is 20.3. The van der Waals surface area contributed by atoms with E-state index in [2.05, 4.69) is 15.2 Å². The van der Waals surface area contributed by atoms with Gasteiger partial charge in [0.05, 0.1) is 25.0 Å². The molecule has 1 aromatic carbocycles. The quantitative estimate of drug-likeness (QED) is 0.333. The number of aromatic nitrogens is 4. The van der Waals surface area contributed by atoms with Gasteiger partial charge >= 0.3 is 0 Å². The van der Waals surface area contributed by atoms with Gasteiger partial charge in [-0.2, -0.15) is 5.26 Å². The minimum Gasteiger partial charge on any atom is -0.494 e. The van der Waals surface area contributed by atoms with E-state index >= 15 is 0 Å². The fourth-order valence-corrected chi connectivity index (χ4v) is 5.02. The molecule has 0 saturated heterocycles. The van der Waals surface area contributed by atoms with Crippen LogP contribution in [0.25, 0.3) is 17.3 Å². The molecule has 0 saturated carbocycles. The summed E-state index contributed by atoms with van der Waals surface area (Å²) in [5.74, 6) is 2.10. The van der Waals surface area contributed by atoms with Crippen LogP contribution in [0.1, 0.15) is 29.8 Å². The van der Waals surface area contributed by atoms with Crippen LogP contribution in [0, 0.1) is 18.3 Å². The highest BCUT2D eigenvalue weighted by Gasteiger charge is 2.29. The number of methoxy groups -OCH3 is 2. The molecule has 0 amide bonds. The van der Waals surface area contributed by atoms with Crippen molar-refractivity contribution in [3.8, 4) is 34.8 Å². The fourth-order valence-electron chi connectivity index (χ4n) is 3.77. The highest BCUT2D eigenvalue weighted by molar-refractivity contribution is 7.91. The van der Waals surface area contributed by atoms with Gasteiger partial charge in [0.15, 0.2) is 21.4 Å². The second kappa shape index (κ2) is 10.2. The number of sulfone groups is 1. The SMILES string of the molecule is COc1cccc(OC)c1-n1c(CS(=O)(=O)[C@H](C)Cc2ccc(C#N)cn2)nnc1-c1ccc(C)o1. The van der Waals surface area contributed by atoms with E-state index in [1.807, 2.05) is 6.07 Å². The van der Waals surface area contributed by atoms with Gasteiger partial charge in [0, 0.05) is 18.3 Å². The molecule has 3 aromatic heterocycles. The third kappa shape index (κ3) is 4.94. The van der Waals surface area contributed by atoms with Crippen molar-refractivity contribution in [1.82, 2.24) is 19.7 Å². The highest BCUT2D eigenvalue weighted by Crippen LogP contribution is 2.37. The summed E-state index contributed by atoms with van der Waals surface area (Å²) in [4.78, 5) is 4.20. The van der Waals surface area contributed by atoms with E-state index in [1.165, 1.54) is 20.4 Å². The molecule has 11 heteroatoms. The van der Waals surface area contributed by atoms with E-state index in [4.69, 9.17) is 19.2 Å². The van der Waals surface area contributed by atoms with Gasteiger partial charge in [-0.1, -0.05) is 6.07 Å². The van der Waals surface area contributed by atoms with Gasteiger partial charge < -0.3 is 13.9 Å². The monoisotopic (exact) mass is 507 g/mol. The summed E-state index contributed by atoms with van der Waals surface area (Å²) >= 11 is 0. The van der Waals surface area contributed by atoms with Gasteiger partial charge in [-0.05, 0) is 50.2 Å². The Balaban J connectivity index is 1.77. The lowest BCUT2D eigenvalue weighted by Gasteiger charge is -2.18. The second-order valence-corrected chi connectivity index (χ2v) is 10.6. The van der Waals surface area contributed by atoms with Crippen molar-refractivity contribution in [2.75, 3.05) is 14.2 Å². The molecule has 1 atom stereocenters. The van der Waals surface area contributed by atoms with Gasteiger partial charge in [-0.3, -0.25) is 9.55 Å². The van der Waals surface area contributed by atoms with Crippen molar-refractivity contribution in [3.05, 3.63) is 71.5 Å². The predicted molar refractivity (Wildman–Crippen MR) is 132 cm³/mol. The number of nitriles is 1. The molecule has 186 valence electrons. The Morgan fingerprint density at radius 3 is 2.36 bits per heavy atom. The van der Waals surface area contributed by atoms with Gasteiger partial charge in [0.2, 0.25) is 5.82 Å². The molecule has 4 aromatic rings. The topological polar surface area (TPSA) is 133 Å². The lowest BCUT2D eigenvalue weighted by Crippen LogP contribution is -2.24. The minimum atomic E-state index is -3.70. The molecule has 0 unspecified atom stereocenters. The molecule has 0 bridgehead atoms. The standard InChI is InChI=1S/C25H25N5O5S/c1-16-8-11-22(35-16)25-29-28-23(30(25)24-20(33-3)6-5-7-21(24)34-4)15-36(31,32)17(2)12-19-10-9-18(13-26)14-27-19/h5-11,14,17H,12,15H2,1-4H3/t17-/m1/s1. The maximum atomic E-state index is 13.4. The first-order chi connectivity index (χ1) is 17.3. The number of benzene rings is 1. The molecular weight excluding hydrogens is 482 g/mol. The third-order valence-electron chi connectivity index (χ3n) is 5.71. The highest BCUT2D eigenvalue weighted by atomic mass is 32.2. The van der Waals surface area contributed by atoms with E-state index in [-0.39, 0.29) is 12.2 Å². The van der Waals surface area contributed by atoms with E-state index < -0.39 is 20.8 Å². The van der Waals surface area contributed by atoms with Crippen LogP contribution < -0.4 is 9.47 Å². The van der Waals surface area contributed by atoms with E-state index in [9.17, 15) is 8.42 Å². The number of pyridine rings is 1. The molecule has 10 nitrogen and oxygen atoms in total. The summed E-state index contributed by atoms with van der Waals surface area (Å²) in [6.07, 6.45) is 1.61. The lowest BCUT2D eigenvalue weighted by atomic mass is 10.2. The number of nitrogens with zero attached hydrogens (tertiary/aromatic N) is 5. The zero-order valence-corrected chi connectivity index (χ0v) is 21.1. The van der Waals surface area contributed by atoms with Crippen LogP contribution in [0.2, 0.25) is 0 Å². The van der Waals surface area contributed by atoms with E-state index in [0.29, 0.717) is 45.8 Å². The molecule has 0 fully saturated rings. The van der Waals surface area contributed by atoms with Crippen LogP contribution in [0.5, 0.6) is 11.5 Å². The number of hydrogen-bond acceptors (Lipinski definition) is 9. The van der Waals surface area contributed by atoms with Crippen molar-refractivity contribution in [2.24, 2.45) is 0 Å². The molecule has 0 N–H and O–H groups in total. The minimum absolute atomic E-state index is 0.182. The van der Waals surface area contributed by atoms with Crippen molar-refractivity contribution < 1.29 is 22.3 Å². The van der Waals surface area contributed by atoms with Gasteiger partial charge in [0.25, 0.3) is 0 Å². The zero-order chi connectivity index (χ0) is 25.9. The summed E-state index contributed by atoms with van der Waals surface area (Å²) in [6, 6.07) is 14.1. The average molecular weight is 508 g/mol. The summed E-state index contributed by atoms with van der Waals surface area (Å²) in [7, 11) is -0.669. The Morgan fingerprint density at radius 2 is 1.81 bits per heavy atom. The van der Waals surface area contributed by atoms with Gasteiger partial charge in [0.1, 0.15) is 34.8 Å². The maximum absolute atomic E-state index is 13.4. The fraction of sp³-hybridized carbons (Fsp3) is 0.280. The van der Waals surface area contributed by atoms with Crippen LogP contribution in [0.15, 0.2) is 53.1 Å². The van der Waals surface area contributed by atoms with Crippen LogP contribution >= 0.6 is 0 Å². The Kier molecular flexibility index (Phi) is 7.07. The maximum Gasteiger partial charge on any atom is 0.204 e. The number of para-hydroxylation sites is 1. The van der Waals surface area contributed by atoms with Gasteiger partial charge in [-0.25, -0.2) is 8.42 Å². The number of ether oxygens (including phenoxy) is 2. The summed E-state index contributed by atoms with van der Waals surface area (Å²) in [5, 5.41) is 16.7. The normalized spacial score (nSPS) is 12.2. The Bertz CT molecular complexity index is 1490. The lowest BCUT2D eigenvalue weighted by molar-refractivity contribution is 0.390. The third-order valence-corrected chi connectivity index (χ3v) is 7.76. The largest absolute Gasteiger partial charge is 0.494 e. The van der Waals surface area contributed by atoms with Crippen LogP contribution in [-0.2, 0) is 22.0 Å². The first kappa shape index (κ1) is 24.9. The van der Waals surface area contributed by atoms with Crippen molar-refractivity contribution in [2.45, 2.75) is 31.3 Å². The number of hydrogen-bond donors (Lipinski definition) is 0. The molecule has 3 heterocycles.